The average molecular weight is 279 g/mol. The number of thioether (sulfide) groups is 1. The van der Waals surface area contributed by atoms with E-state index in [1.54, 1.807) is 0 Å². The minimum Gasteiger partial charge on any atom is -0.371 e. The molecule has 0 saturated carbocycles. The minimum absolute atomic E-state index is 0.336. The van der Waals surface area contributed by atoms with Crippen molar-refractivity contribution in [3.63, 3.8) is 0 Å². The molecule has 1 N–H and O–H groups in total. The quantitative estimate of drug-likeness (QED) is 0.897. The molecule has 4 heteroatoms. The van der Waals surface area contributed by atoms with Gasteiger partial charge in [0.25, 0.3) is 0 Å². The number of piperidine rings is 1. The standard InChI is InChI=1S/C15H25N3S/c1-15(2,19-3)12-17-13-6-10-18(11-7-13)14-4-8-16-9-5-14/h4-5,8-9,13,17H,6-7,10-12H2,1-3H3. The molecular formula is C15H25N3S. The molecule has 1 saturated heterocycles. The lowest BCUT2D eigenvalue weighted by Crippen LogP contribution is -2.46. The lowest BCUT2D eigenvalue weighted by Gasteiger charge is -2.35. The first kappa shape index (κ1) is 14.7. The molecule has 1 aliphatic rings. The van der Waals surface area contributed by atoms with Crippen molar-refractivity contribution in [2.75, 3.05) is 30.8 Å². The molecule has 1 fully saturated rings. The van der Waals surface area contributed by atoms with E-state index in [1.165, 1.54) is 18.5 Å². The van der Waals surface area contributed by atoms with Crippen LogP contribution in [0, 0.1) is 0 Å². The minimum atomic E-state index is 0.336. The van der Waals surface area contributed by atoms with Crippen LogP contribution in [-0.4, -0.2) is 41.7 Å². The van der Waals surface area contributed by atoms with E-state index in [1.807, 2.05) is 24.2 Å². The van der Waals surface area contributed by atoms with Crippen LogP contribution >= 0.6 is 11.8 Å². The molecule has 0 unspecified atom stereocenters. The topological polar surface area (TPSA) is 28.2 Å². The van der Waals surface area contributed by atoms with Crippen LogP contribution in [0.5, 0.6) is 0 Å². The molecule has 1 aromatic heterocycles. The van der Waals surface area contributed by atoms with Crippen molar-refractivity contribution in [2.24, 2.45) is 0 Å². The molecule has 0 atom stereocenters. The summed E-state index contributed by atoms with van der Waals surface area (Å²) in [6.07, 6.45) is 8.40. The van der Waals surface area contributed by atoms with Crippen LogP contribution in [0.2, 0.25) is 0 Å². The molecule has 0 aliphatic carbocycles. The average Bonchev–Trinajstić information content (AvgIpc) is 2.47. The first-order valence-electron chi connectivity index (χ1n) is 7.04. The van der Waals surface area contributed by atoms with Crippen LogP contribution in [0.25, 0.3) is 0 Å². The van der Waals surface area contributed by atoms with Gasteiger partial charge in [-0.1, -0.05) is 0 Å². The summed E-state index contributed by atoms with van der Waals surface area (Å²) in [6, 6.07) is 4.87. The van der Waals surface area contributed by atoms with Crippen molar-refractivity contribution >= 4 is 17.4 Å². The van der Waals surface area contributed by atoms with Crippen molar-refractivity contribution in [3.8, 4) is 0 Å². The van der Waals surface area contributed by atoms with E-state index in [0.717, 1.165) is 19.6 Å². The first-order valence-corrected chi connectivity index (χ1v) is 8.27. The van der Waals surface area contributed by atoms with E-state index in [2.05, 4.69) is 47.4 Å². The molecule has 106 valence electrons. The van der Waals surface area contributed by atoms with Crippen molar-refractivity contribution < 1.29 is 0 Å². The highest BCUT2D eigenvalue weighted by molar-refractivity contribution is 7.99. The molecule has 0 amide bonds. The SMILES string of the molecule is CSC(C)(C)CNC1CCN(c2ccncc2)CC1. The number of aromatic nitrogens is 1. The molecule has 2 heterocycles. The van der Waals surface area contributed by atoms with E-state index in [4.69, 9.17) is 0 Å². The summed E-state index contributed by atoms with van der Waals surface area (Å²) in [5.74, 6) is 0. The van der Waals surface area contributed by atoms with Gasteiger partial charge >= 0.3 is 0 Å². The number of hydrogen-bond donors (Lipinski definition) is 1. The van der Waals surface area contributed by atoms with Crippen LogP contribution in [-0.2, 0) is 0 Å². The number of anilines is 1. The van der Waals surface area contributed by atoms with Crippen LogP contribution < -0.4 is 10.2 Å². The molecule has 0 spiro atoms. The van der Waals surface area contributed by atoms with Crippen molar-refractivity contribution in [1.82, 2.24) is 10.3 Å². The summed E-state index contributed by atoms with van der Waals surface area (Å²) in [5.41, 5.74) is 1.30. The predicted molar refractivity (Wildman–Crippen MR) is 85.1 cm³/mol. The zero-order valence-electron chi connectivity index (χ0n) is 12.2. The summed E-state index contributed by atoms with van der Waals surface area (Å²) in [5, 5.41) is 3.72. The molecular weight excluding hydrogens is 254 g/mol. The third-order valence-electron chi connectivity index (χ3n) is 3.89. The Bertz CT molecular complexity index is 372. The third-order valence-corrected chi connectivity index (χ3v) is 5.14. The van der Waals surface area contributed by atoms with E-state index in [0.29, 0.717) is 10.8 Å². The number of pyridine rings is 1. The van der Waals surface area contributed by atoms with Crippen LogP contribution in [0.4, 0.5) is 5.69 Å². The Morgan fingerprint density at radius 3 is 2.53 bits per heavy atom. The van der Waals surface area contributed by atoms with Gasteiger partial charge in [-0.15, -0.1) is 0 Å². The van der Waals surface area contributed by atoms with E-state index >= 15 is 0 Å². The van der Waals surface area contributed by atoms with Crippen LogP contribution in [0.15, 0.2) is 24.5 Å². The summed E-state index contributed by atoms with van der Waals surface area (Å²) < 4.78 is 0.336. The molecule has 0 aromatic carbocycles. The highest BCUT2D eigenvalue weighted by Crippen LogP contribution is 2.22. The maximum Gasteiger partial charge on any atom is 0.0397 e. The Hall–Kier alpha value is -0.740. The second-order valence-electron chi connectivity index (χ2n) is 5.81. The van der Waals surface area contributed by atoms with E-state index < -0.39 is 0 Å². The van der Waals surface area contributed by atoms with Gasteiger partial charge in [-0.25, -0.2) is 0 Å². The number of hydrogen-bond acceptors (Lipinski definition) is 4. The predicted octanol–water partition coefficient (Wildman–Crippen LogP) is 2.78. The van der Waals surface area contributed by atoms with Gasteiger partial charge in [0.05, 0.1) is 0 Å². The Morgan fingerprint density at radius 1 is 1.32 bits per heavy atom. The Labute approximate surface area is 121 Å². The molecule has 19 heavy (non-hydrogen) atoms. The highest BCUT2D eigenvalue weighted by atomic mass is 32.2. The molecule has 0 radical (unpaired) electrons. The van der Waals surface area contributed by atoms with E-state index in [-0.39, 0.29) is 0 Å². The van der Waals surface area contributed by atoms with Crippen LogP contribution in [0.3, 0.4) is 0 Å². The zero-order valence-corrected chi connectivity index (χ0v) is 13.0. The summed E-state index contributed by atoms with van der Waals surface area (Å²) >= 11 is 1.93. The lowest BCUT2D eigenvalue weighted by atomic mass is 10.0. The third kappa shape index (κ3) is 4.39. The number of nitrogens with zero attached hydrogens (tertiary/aromatic N) is 2. The number of rotatable bonds is 5. The summed E-state index contributed by atoms with van der Waals surface area (Å²) in [4.78, 5) is 6.54. The molecule has 0 bridgehead atoms. The number of nitrogens with one attached hydrogen (secondary N) is 1. The van der Waals surface area contributed by atoms with Gasteiger partial charge in [0.2, 0.25) is 0 Å². The van der Waals surface area contributed by atoms with Crippen molar-refractivity contribution in [3.05, 3.63) is 24.5 Å². The largest absolute Gasteiger partial charge is 0.371 e. The van der Waals surface area contributed by atoms with Crippen molar-refractivity contribution in [1.29, 1.82) is 0 Å². The smallest absolute Gasteiger partial charge is 0.0397 e. The zero-order chi connectivity index (χ0) is 13.7. The summed E-state index contributed by atoms with van der Waals surface area (Å²) in [6.45, 7) is 7.98. The van der Waals surface area contributed by atoms with Crippen molar-refractivity contribution in [2.45, 2.75) is 37.5 Å². The molecule has 1 aromatic rings. The Morgan fingerprint density at radius 2 is 1.95 bits per heavy atom. The highest BCUT2D eigenvalue weighted by Gasteiger charge is 2.22. The molecule has 1 aliphatic heterocycles. The van der Waals surface area contributed by atoms with Gasteiger partial charge in [-0.2, -0.15) is 11.8 Å². The Balaban J connectivity index is 1.77. The normalized spacial score (nSPS) is 17.7. The summed E-state index contributed by atoms with van der Waals surface area (Å²) in [7, 11) is 0. The fraction of sp³-hybridized carbons (Fsp3) is 0.667. The van der Waals surface area contributed by atoms with E-state index in [9.17, 15) is 0 Å². The van der Waals surface area contributed by atoms with Gasteiger partial charge in [-0.3, -0.25) is 4.98 Å². The monoisotopic (exact) mass is 279 g/mol. The second kappa shape index (κ2) is 6.62. The van der Waals surface area contributed by atoms with Gasteiger partial charge in [-0.05, 0) is 45.1 Å². The maximum atomic E-state index is 4.08. The molecule has 3 nitrogen and oxygen atoms in total. The first-order chi connectivity index (χ1) is 9.11. The fourth-order valence-electron chi connectivity index (χ4n) is 2.36. The van der Waals surface area contributed by atoms with Gasteiger partial charge in [0.1, 0.15) is 0 Å². The van der Waals surface area contributed by atoms with Gasteiger partial charge in [0.15, 0.2) is 0 Å². The Kier molecular flexibility index (Phi) is 5.11. The molecule has 2 rings (SSSR count). The second-order valence-corrected chi connectivity index (χ2v) is 7.32. The van der Waals surface area contributed by atoms with Crippen LogP contribution in [0.1, 0.15) is 26.7 Å². The van der Waals surface area contributed by atoms with Gasteiger partial charge < -0.3 is 10.2 Å². The maximum absolute atomic E-state index is 4.08. The lowest BCUT2D eigenvalue weighted by molar-refractivity contribution is 0.402. The fourth-order valence-corrected chi connectivity index (χ4v) is 2.59. The van der Waals surface area contributed by atoms with Gasteiger partial charge in [0, 0.05) is 48.5 Å².